The lowest BCUT2D eigenvalue weighted by Gasteiger charge is -2.15. The molecule has 0 fully saturated rings. The fourth-order valence-electron chi connectivity index (χ4n) is 1.58. The second kappa shape index (κ2) is 7.53. The predicted octanol–water partition coefficient (Wildman–Crippen LogP) is 1.21. The van der Waals surface area contributed by atoms with Gasteiger partial charge in [-0.1, -0.05) is 19.1 Å². The standard InChI is InChI=1S/C14H21N3O2/c1-4-15-9-14(19)16-13-7-5-6-12(8-13)10-17(3)11(2)18/h5-8,15H,4,9-10H2,1-3H3,(H,16,19). The first-order valence-electron chi connectivity index (χ1n) is 6.34. The van der Waals surface area contributed by atoms with E-state index in [2.05, 4.69) is 10.6 Å². The summed E-state index contributed by atoms with van der Waals surface area (Å²) < 4.78 is 0. The Kier molecular flexibility index (Phi) is 6.02. The van der Waals surface area contributed by atoms with Crippen molar-refractivity contribution in [3.8, 4) is 0 Å². The number of likely N-dealkylation sites (N-methyl/N-ethyl adjacent to an activating group) is 1. The van der Waals surface area contributed by atoms with Crippen LogP contribution in [0.3, 0.4) is 0 Å². The van der Waals surface area contributed by atoms with Crippen molar-refractivity contribution < 1.29 is 9.59 Å². The average Bonchev–Trinajstić information content (AvgIpc) is 2.36. The number of rotatable bonds is 6. The number of carbonyl (C=O) groups is 2. The Balaban J connectivity index is 2.61. The molecule has 19 heavy (non-hydrogen) atoms. The molecule has 5 nitrogen and oxygen atoms in total. The molecule has 0 spiro atoms. The molecule has 0 atom stereocenters. The summed E-state index contributed by atoms with van der Waals surface area (Å²) in [6.07, 6.45) is 0. The average molecular weight is 263 g/mol. The molecule has 0 aliphatic heterocycles. The predicted molar refractivity (Wildman–Crippen MR) is 75.8 cm³/mol. The quantitative estimate of drug-likeness (QED) is 0.811. The van der Waals surface area contributed by atoms with E-state index in [1.807, 2.05) is 31.2 Å². The maximum absolute atomic E-state index is 11.6. The lowest BCUT2D eigenvalue weighted by molar-refractivity contribution is -0.128. The smallest absolute Gasteiger partial charge is 0.238 e. The highest BCUT2D eigenvalue weighted by Gasteiger charge is 2.05. The Hall–Kier alpha value is -1.88. The molecule has 0 aliphatic carbocycles. The van der Waals surface area contributed by atoms with Crippen LogP contribution >= 0.6 is 0 Å². The molecule has 2 N–H and O–H groups in total. The van der Waals surface area contributed by atoms with E-state index in [0.29, 0.717) is 13.1 Å². The summed E-state index contributed by atoms with van der Waals surface area (Å²) in [6.45, 7) is 5.07. The monoisotopic (exact) mass is 263 g/mol. The minimum Gasteiger partial charge on any atom is -0.342 e. The topological polar surface area (TPSA) is 61.4 Å². The van der Waals surface area contributed by atoms with Gasteiger partial charge in [-0.15, -0.1) is 0 Å². The molecule has 0 aromatic heterocycles. The number of amides is 2. The molecule has 0 saturated carbocycles. The van der Waals surface area contributed by atoms with Crippen molar-refractivity contribution in [2.75, 3.05) is 25.5 Å². The number of hydrogen-bond donors (Lipinski definition) is 2. The van der Waals surface area contributed by atoms with Gasteiger partial charge in [0.1, 0.15) is 0 Å². The third-order valence-corrected chi connectivity index (χ3v) is 2.70. The molecular weight excluding hydrogens is 242 g/mol. The van der Waals surface area contributed by atoms with Gasteiger partial charge in [0.25, 0.3) is 0 Å². The summed E-state index contributed by atoms with van der Waals surface area (Å²) in [5, 5.41) is 5.78. The first-order valence-corrected chi connectivity index (χ1v) is 6.34. The maximum Gasteiger partial charge on any atom is 0.238 e. The Morgan fingerprint density at radius 3 is 2.68 bits per heavy atom. The van der Waals surface area contributed by atoms with Crippen LogP contribution in [0.1, 0.15) is 19.4 Å². The number of nitrogens with zero attached hydrogens (tertiary/aromatic N) is 1. The van der Waals surface area contributed by atoms with Crippen LogP contribution in [-0.4, -0.2) is 36.9 Å². The molecule has 0 heterocycles. The highest BCUT2D eigenvalue weighted by atomic mass is 16.2. The van der Waals surface area contributed by atoms with Crippen molar-refractivity contribution in [3.63, 3.8) is 0 Å². The van der Waals surface area contributed by atoms with Gasteiger partial charge in [0.05, 0.1) is 6.54 Å². The van der Waals surface area contributed by atoms with E-state index in [9.17, 15) is 9.59 Å². The summed E-state index contributed by atoms with van der Waals surface area (Å²) in [4.78, 5) is 24.4. The summed E-state index contributed by atoms with van der Waals surface area (Å²) in [5.41, 5.74) is 1.73. The van der Waals surface area contributed by atoms with Crippen molar-refractivity contribution >= 4 is 17.5 Å². The number of hydrogen-bond acceptors (Lipinski definition) is 3. The van der Waals surface area contributed by atoms with Gasteiger partial charge in [0, 0.05) is 26.2 Å². The van der Waals surface area contributed by atoms with E-state index >= 15 is 0 Å². The van der Waals surface area contributed by atoms with E-state index in [0.717, 1.165) is 17.8 Å². The lowest BCUT2D eigenvalue weighted by Crippen LogP contribution is -2.27. The van der Waals surface area contributed by atoms with Gasteiger partial charge in [-0.2, -0.15) is 0 Å². The van der Waals surface area contributed by atoms with E-state index < -0.39 is 0 Å². The second-order valence-electron chi connectivity index (χ2n) is 4.40. The summed E-state index contributed by atoms with van der Waals surface area (Å²) in [7, 11) is 1.75. The van der Waals surface area contributed by atoms with Crippen LogP contribution in [0.25, 0.3) is 0 Å². The third kappa shape index (κ3) is 5.52. The normalized spacial score (nSPS) is 10.1. The second-order valence-corrected chi connectivity index (χ2v) is 4.40. The molecule has 1 aromatic rings. The van der Waals surface area contributed by atoms with Crippen molar-refractivity contribution in [1.29, 1.82) is 0 Å². The lowest BCUT2D eigenvalue weighted by atomic mass is 10.2. The SMILES string of the molecule is CCNCC(=O)Nc1cccc(CN(C)C(C)=O)c1. The minimum absolute atomic E-state index is 0.0154. The molecule has 5 heteroatoms. The zero-order valence-corrected chi connectivity index (χ0v) is 11.7. The largest absolute Gasteiger partial charge is 0.342 e. The number of anilines is 1. The van der Waals surface area contributed by atoms with Crippen LogP contribution in [0.2, 0.25) is 0 Å². The summed E-state index contributed by atoms with van der Waals surface area (Å²) >= 11 is 0. The fraction of sp³-hybridized carbons (Fsp3) is 0.429. The molecule has 0 radical (unpaired) electrons. The van der Waals surface area contributed by atoms with E-state index in [1.54, 1.807) is 11.9 Å². The van der Waals surface area contributed by atoms with E-state index in [1.165, 1.54) is 6.92 Å². The summed E-state index contributed by atoms with van der Waals surface area (Å²) in [6, 6.07) is 7.51. The molecule has 1 rings (SSSR count). The van der Waals surface area contributed by atoms with Gasteiger partial charge < -0.3 is 15.5 Å². The number of nitrogens with one attached hydrogen (secondary N) is 2. The molecular formula is C14H21N3O2. The van der Waals surface area contributed by atoms with Gasteiger partial charge in [0.2, 0.25) is 11.8 Å². The Morgan fingerprint density at radius 2 is 2.05 bits per heavy atom. The molecule has 1 aromatic carbocycles. The van der Waals surface area contributed by atoms with Crippen LogP contribution in [-0.2, 0) is 16.1 Å². The van der Waals surface area contributed by atoms with Crippen molar-refractivity contribution in [2.24, 2.45) is 0 Å². The highest BCUT2D eigenvalue weighted by Crippen LogP contribution is 2.12. The van der Waals surface area contributed by atoms with E-state index in [-0.39, 0.29) is 11.8 Å². The zero-order chi connectivity index (χ0) is 14.3. The first kappa shape index (κ1) is 15.2. The van der Waals surface area contributed by atoms with Crippen LogP contribution in [0.5, 0.6) is 0 Å². The van der Waals surface area contributed by atoms with Crippen LogP contribution in [0.15, 0.2) is 24.3 Å². The maximum atomic E-state index is 11.6. The molecule has 0 bridgehead atoms. The highest BCUT2D eigenvalue weighted by molar-refractivity contribution is 5.92. The fourth-order valence-corrected chi connectivity index (χ4v) is 1.58. The van der Waals surface area contributed by atoms with Gasteiger partial charge >= 0.3 is 0 Å². The molecule has 0 unspecified atom stereocenters. The molecule has 104 valence electrons. The van der Waals surface area contributed by atoms with Crippen molar-refractivity contribution in [1.82, 2.24) is 10.2 Å². The Bertz CT molecular complexity index is 446. The van der Waals surface area contributed by atoms with Crippen molar-refractivity contribution in [2.45, 2.75) is 20.4 Å². The van der Waals surface area contributed by atoms with Crippen LogP contribution < -0.4 is 10.6 Å². The third-order valence-electron chi connectivity index (χ3n) is 2.70. The van der Waals surface area contributed by atoms with Gasteiger partial charge in [-0.3, -0.25) is 9.59 Å². The minimum atomic E-state index is -0.0704. The molecule has 0 aliphatic rings. The van der Waals surface area contributed by atoms with Crippen LogP contribution in [0, 0.1) is 0 Å². The number of carbonyl (C=O) groups excluding carboxylic acids is 2. The van der Waals surface area contributed by atoms with Crippen LogP contribution in [0.4, 0.5) is 5.69 Å². The van der Waals surface area contributed by atoms with Crippen molar-refractivity contribution in [3.05, 3.63) is 29.8 Å². The van der Waals surface area contributed by atoms with Gasteiger partial charge in [-0.25, -0.2) is 0 Å². The number of benzene rings is 1. The molecule has 2 amide bonds. The van der Waals surface area contributed by atoms with Gasteiger partial charge in [-0.05, 0) is 24.2 Å². The molecule has 0 saturated heterocycles. The summed E-state index contributed by atoms with van der Waals surface area (Å²) in [5.74, 6) is -0.0551. The zero-order valence-electron chi connectivity index (χ0n) is 11.7. The van der Waals surface area contributed by atoms with Gasteiger partial charge in [0.15, 0.2) is 0 Å². The van der Waals surface area contributed by atoms with E-state index in [4.69, 9.17) is 0 Å². The Labute approximate surface area is 114 Å². The first-order chi connectivity index (χ1) is 9.02. The Morgan fingerprint density at radius 1 is 1.32 bits per heavy atom.